The molecule has 0 radical (unpaired) electrons. The minimum Gasteiger partial charge on any atom is -0.385 e. The summed E-state index contributed by atoms with van der Waals surface area (Å²) in [7, 11) is 0.879. The van der Waals surface area contributed by atoms with Gasteiger partial charge in [0.1, 0.15) is 0 Å². The van der Waals surface area contributed by atoms with Crippen molar-refractivity contribution < 1.29 is 4.74 Å². The lowest BCUT2D eigenvalue weighted by Gasteiger charge is -2.16. The highest BCUT2D eigenvalue weighted by Crippen LogP contribution is 1.96. The SMILES string of the molecule is COCCCNC[Si](C)(C)C. The predicted molar refractivity (Wildman–Crippen MR) is 52.7 cm³/mol. The summed E-state index contributed by atoms with van der Waals surface area (Å²) in [6.45, 7) is 9.08. The van der Waals surface area contributed by atoms with E-state index in [1.54, 1.807) is 7.11 Å². The Morgan fingerprint density at radius 3 is 2.36 bits per heavy atom. The van der Waals surface area contributed by atoms with E-state index in [1.165, 1.54) is 6.17 Å². The summed E-state index contributed by atoms with van der Waals surface area (Å²) in [6, 6.07) is 0. The van der Waals surface area contributed by atoms with Crippen LogP contribution < -0.4 is 5.32 Å². The monoisotopic (exact) mass is 175 g/mol. The molecule has 0 rings (SSSR count). The fourth-order valence-electron chi connectivity index (χ4n) is 0.805. The molecule has 1 N–H and O–H groups in total. The summed E-state index contributed by atoms with van der Waals surface area (Å²) in [5, 5.41) is 3.44. The maximum absolute atomic E-state index is 4.95. The number of hydrogen-bond donors (Lipinski definition) is 1. The van der Waals surface area contributed by atoms with Crippen LogP contribution in [-0.4, -0.2) is 34.5 Å². The van der Waals surface area contributed by atoms with E-state index in [2.05, 4.69) is 25.0 Å². The third kappa shape index (κ3) is 10.1. The van der Waals surface area contributed by atoms with E-state index in [0.29, 0.717) is 0 Å². The van der Waals surface area contributed by atoms with Gasteiger partial charge >= 0.3 is 0 Å². The average molecular weight is 175 g/mol. The fraction of sp³-hybridized carbons (Fsp3) is 1.00. The lowest BCUT2D eigenvalue weighted by molar-refractivity contribution is 0.195. The van der Waals surface area contributed by atoms with Gasteiger partial charge in [0, 0.05) is 13.7 Å². The molecule has 0 saturated heterocycles. The molecular formula is C8H21NOSi. The zero-order valence-electron chi connectivity index (χ0n) is 8.24. The van der Waals surface area contributed by atoms with Crippen LogP contribution in [0.5, 0.6) is 0 Å². The van der Waals surface area contributed by atoms with Gasteiger partial charge in [-0.25, -0.2) is 0 Å². The maximum atomic E-state index is 4.95. The molecule has 0 aliphatic heterocycles. The first-order valence-electron chi connectivity index (χ1n) is 4.26. The Morgan fingerprint density at radius 1 is 1.27 bits per heavy atom. The topological polar surface area (TPSA) is 21.3 Å². The molecule has 0 aromatic heterocycles. The van der Waals surface area contributed by atoms with Crippen LogP contribution in [0.15, 0.2) is 0 Å². The van der Waals surface area contributed by atoms with Crippen molar-refractivity contribution in [2.45, 2.75) is 26.1 Å². The Bertz CT molecular complexity index is 90.6. The van der Waals surface area contributed by atoms with Crippen molar-refractivity contribution >= 4 is 8.07 Å². The van der Waals surface area contributed by atoms with Crippen LogP contribution in [0.25, 0.3) is 0 Å². The predicted octanol–water partition coefficient (Wildman–Crippen LogP) is 1.49. The molecule has 0 aliphatic rings. The van der Waals surface area contributed by atoms with Gasteiger partial charge in [-0.1, -0.05) is 19.6 Å². The molecule has 11 heavy (non-hydrogen) atoms. The second-order valence-electron chi connectivity index (χ2n) is 4.08. The molecule has 0 saturated carbocycles. The van der Waals surface area contributed by atoms with E-state index in [1.807, 2.05) is 0 Å². The molecule has 0 unspecified atom stereocenters. The van der Waals surface area contributed by atoms with E-state index >= 15 is 0 Å². The smallest absolute Gasteiger partial charge is 0.0595 e. The van der Waals surface area contributed by atoms with E-state index in [4.69, 9.17) is 4.74 Å². The molecule has 0 atom stereocenters. The molecule has 0 aliphatic carbocycles. The van der Waals surface area contributed by atoms with Gasteiger partial charge in [0.2, 0.25) is 0 Å². The first-order valence-corrected chi connectivity index (χ1v) is 7.96. The van der Waals surface area contributed by atoms with Crippen LogP contribution in [0.3, 0.4) is 0 Å². The van der Waals surface area contributed by atoms with Crippen LogP contribution in [0.4, 0.5) is 0 Å². The van der Waals surface area contributed by atoms with Crippen LogP contribution in [0, 0.1) is 0 Å². The second kappa shape index (κ2) is 5.74. The Balaban J connectivity index is 3.02. The van der Waals surface area contributed by atoms with Crippen molar-refractivity contribution in [2.24, 2.45) is 0 Å². The lowest BCUT2D eigenvalue weighted by atomic mass is 10.5. The summed E-state index contributed by atoms with van der Waals surface area (Å²) in [5.74, 6) is 0. The molecule has 0 bridgehead atoms. The van der Waals surface area contributed by atoms with E-state index < -0.39 is 8.07 Å². The third-order valence-electron chi connectivity index (χ3n) is 1.36. The van der Waals surface area contributed by atoms with E-state index in [9.17, 15) is 0 Å². The average Bonchev–Trinajstić information content (AvgIpc) is 1.85. The molecule has 0 spiro atoms. The lowest BCUT2D eigenvalue weighted by Crippen LogP contribution is -2.37. The Morgan fingerprint density at radius 2 is 1.91 bits per heavy atom. The zero-order chi connectivity index (χ0) is 8.74. The van der Waals surface area contributed by atoms with Crippen molar-refractivity contribution in [3.63, 3.8) is 0 Å². The zero-order valence-corrected chi connectivity index (χ0v) is 9.24. The number of rotatable bonds is 6. The summed E-state index contributed by atoms with van der Waals surface area (Å²) in [5.41, 5.74) is 0. The molecule has 0 amide bonds. The van der Waals surface area contributed by atoms with Gasteiger partial charge in [0.05, 0.1) is 8.07 Å². The molecule has 2 nitrogen and oxygen atoms in total. The minimum absolute atomic E-state index is 0.869. The normalized spacial score (nSPS) is 12.0. The Labute approximate surface area is 71.3 Å². The van der Waals surface area contributed by atoms with Gasteiger partial charge in [-0.2, -0.15) is 0 Å². The fourth-order valence-corrected chi connectivity index (χ4v) is 1.73. The Kier molecular flexibility index (Phi) is 5.82. The largest absolute Gasteiger partial charge is 0.385 e. The van der Waals surface area contributed by atoms with E-state index in [-0.39, 0.29) is 0 Å². The van der Waals surface area contributed by atoms with Gasteiger partial charge in [-0.05, 0) is 19.1 Å². The van der Waals surface area contributed by atoms with Gasteiger partial charge in [0.15, 0.2) is 0 Å². The second-order valence-corrected chi connectivity index (χ2v) is 9.56. The van der Waals surface area contributed by atoms with Gasteiger partial charge < -0.3 is 10.1 Å². The summed E-state index contributed by atoms with van der Waals surface area (Å²) >= 11 is 0. The molecule has 68 valence electrons. The van der Waals surface area contributed by atoms with Crippen molar-refractivity contribution in [3.8, 4) is 0 Å². The molecule has 0 fully saturated rings. The molecule has 0 aromatic carbocycles. The minimum atomic E-state index is -0.869. The van der Waals surface area contributed by atoms with Crippen LogP contribution >= 0.6 is 0 Å². The number of hydrogen-bond acceptors (Lipinski definition) is 2. The quantitative estimate of drug-likeness (QED) is 0.488. The first kappa shape index (κ1) is 11.1. The van der Waals surface area contributed by atoms with Crippen LogP contribution in [0.1, 0.15) is 6.42 Å². The molecule has 3 heteroatoms. The van der Waals surface area contributed by atoms with Crippen molar-refractivity contribution in [3.05, 3.63) is 0 Å². The molecular weight excluding hydrogens is 154 g/mol. The van der Waals surface area contributed by atoms with Gasteiger partial charge in [0.25, 0.3) is 0 Å². The van der Waals surface area contributed by atoms with Crippen molar-refractivity contribution in [1.82, 2.24) is 5.32 Å². The van der Waals surface area contributed by atoms with Gasteiger partial charge in [-0.15, -0.1) is 0 Å². The van der Waals surface area contributed by atoms with Crippen LogP contribution in [0.2, 0.25) is 19.6 Å². The standard InChI is InChI=1S/C8H21NOSi/c1-10-7-5-6-9-8-11(2,3)4/h9H,5-8H2,1-4H3. The summed E-state index contributed by atoms with van der Waals surface area (Å²) in [4.78, 5) is 0. The van der Waals surface area contributed by atoms with Gasteiger partial charge in [-0.3, -0.25) is 0 Å². The molecule has 0 aromatic rings. The number of nitrogens with one attached hydrogen (secondary N) is 1. The maximum Gasteiger partial charge on any atom is 0.0595 e. The van der Waals surface area contributed by atoms with Crippen LogP contribution in [-0.2, 0) is 4.74 Å². The summed E-state index contributed by atoms with van der Waals surface area (Å²) in [6.07, 6.45) is 2.34. The number of ether oxygens (including phenoxy) is 1. The van der Waals surface area contributed by atoms with Crippen molar-refractivity contribution in [1.29, 1.82) is 0 Å². The number of methoxy groups -OCH3 is 1. The first-order chi connectivity index (χ1) is 5.06. The summed E-state index contributed by atoms with van der Waals surface area (Å²) < 4.78 is 4.95. The van der Waals surface area contributed by atoms with Crippen molar-refractivity contribution in [2.75, 3.05) is 26.4 Å². The highest BCUT2D eigenvalue weighted by Gasteiger charge is 2.10. The highest BCUT2D eigenvalue weighted by molar-refractivity contribution is 6.76. The third-order valence-corrected chi connectivity index (χ3v) is 2.67. The highest BCUT2D eigenvalue weighted by atomic mass is 28.3. The molecule has 0 heterocycles. The Hall–Kier alpha value is 0.137. The van der Waals surface area contributed by atoms with E-state index in [0.717, 1.165) is 19.6 Å².